The highest BCUT2D eigenvalue weighted by atomic mass is 32.2. The quantitative estimate of drug-likeness (QED) is 0.236. The maximum Gasteiger partial charge on any atom is 0.0979 e. The summed E-state index contributed by atoms with van der Waals surface area (Å²) in [6.45, 7) is 6.04. The molecule has 186 valence electrons. The van der Waals surface area contributed by atoms with Gasteiger partial charge in [0.1, 0.15) is 0 Å². The van der Waals surface area contributed by atoms with Crippen LogP contribution in [-0.4, -0.2) is 8.96 Å². The van der Waals surface area contributed by atoms with Crippen molar-refractivity contribution in [1.82, 2.24) is 4.72 Å². The second-order valence-electron chi connectivity index (χ2n) is 10.1. The predicted octanol–water partition coefficient (Wildman–Crippen LogP) is 6.74. The molecular formula is C33H32NOPS. The number of hydrogen-bond acceptors (Lipinski definition) is 1. The van der Waals surface area contributed by atoms with Gasteiger partial charge in [-0.2, -0.15) is 0 Å². The van der Waals surface area contributed by atoms with Crippen molar-refractivity contribution >= 4 is 45.6 Å². The Labute approximate surface area is 224 Å². The smallest absolute Gasteiger partial charge is 0.0979 e. The van der Waals surface area contributed by atoms with E-state index in [2.05, 4.69) is 132 Å². The summed E-state index contributed by atoms with van der Waals surface area (Å²) < 4.78 is 16.7. The molecule has 0 aromatic heterocycles. The van der Waals surface area contributed by atoms with E-state index in [0.717, 1.165) is 11.1 Å². The molecule has 0 heterocycles. The topological polar surface area (TPSA) is 29.1 Å². The molecule has 4 heteroatoms. The Morgan fingerprint density at radius 3 is 1.81 bits per heavy atom. The van der Waals surface area contributed by atoms with Crippen LogP contribution >= 0.6 is 7.92 Å². The maximum absolute atomic E-state index is 13.5. The molecule has 5 aromatic rings. The predicted molar refractivity (Wildman–Crippen MR) is 162 cm³/mol. The third-order valence-electron chi connectivity index (χ3n) is 6.41. The Bertz CT molecular complexity index is 1470. The second-order valence-corrected chi connectivity index (χ2v) is 14.3. The van der Waals surface area contributed by atoms with Crippen molar-refractivity contribution in [3.63, 3.8) is 0 Å². The SMILES string of the molecule is CC(C)(C)[S@@](=O)N[C@H](c1ccc2ccccc2c1)c1ccccc1P(c1ccccc1)c1ccccc1. The number of fused-ring (bicyclic) bond motifs is 1. The summed E-state index contributed by atoms with van der Waals surface area (Å²) in [5, 5.41) is 6.24. The molecule has 2 nitrogen and oxygen atoms in total. The Kier molecular flexibility index (Phi) is 7.67. The highest BCUT2D eigenvalue weighted by Gasteiger charge is 2.28. The number of benzene rings is 5. The Balaban J connectivity index is 1.71. The van der Waals surface area contributed by atoms with E-state index in [1.54, 1.807) is 0 Å². The van der Waals surface area contributed by atoms with Gasteiger partial charge in [-0.3, -0.25) is 0 Å². The number of hydrogen-bond donors (Lipinski definition) is 1. The van der Waals surface area contributed by atoms with Crippen LogP contribution in [0.4, 0.5) is 0 Å². The van der Waals surface area contributed by atoms with Crippen LogP contribution in [0.3, 0.4) is 0 Å². The maximum atomic E-state index is 13.5. The molecule has 1 N–H and O–H groups in total. The van der Waals surface area contributed by atoms with E-state index in [1.165, 1.54) is 26.7 Å². The van der Waals surface area contributed by atoms with Gasteiger partial charge < -0.3 is 0 Å². The molecule has 0 unspecified atom stereocenters. The monoisotopic (exact) mass is 521 g/mol. The largest absolute Gasteiger partial charge is 0.242 e. The third-order valence-corrected chi connectivity index (χ3v) is 10.5. The van der Waals surface area contributed by atoms with Crippen LogP contribution in [-0.2, 0) is 11.0 Å². The summed E-state index contributed by atoms with van der Waals surface area (Å²) >= 11 is 0. The summed E-state index contributed by atoms with van der Waals surface area (Å²) in [4.78, 5) is 0. The molecule has 0 aliphatic carbocycles. The standard InChI is InChI=1S/C33H32NOPS/c1-33(2,3)37(35)34-32(27-23-22-25-14-10-11-15-26(25)24-27)30-20-12-13-21-31(30)36(28-16-6-4-7-17-28)29-18-8-5-9-19-29/h4-24,32,34H,1-3H3/t32-,37-/m1/s1. The molecule has 5 aromatic carbocycles. The molecule has 5 rings (SSSR count). The minimum Gasteiger partial charge on any atom is -0.242 e. The molecule has 0 aliphatic rings. The van der Waals surface area contributed by atoms with Crippen LogP contribution in [0.15, 0.2) is 127 Å². The summed E-state index contributed by atoms with van der Waals surface area (Å²) in [7, 11) is -2.07. The number of rotatable bonds is 7. The van der Waals surface area contributed by atoms with Crippen molar-refractivity contribution in [3.05, 3.63) is 139 Å². The fraction of sp³-hybridized carbons (Fsp3) is 0.152. The highest BCUT2D eigenvalue weighted by molar-refractivity contribution is 7.84. The average Bonchev–Trinajstić information content (AvgIpc) is 2.92. The van der Waals surface area contributed by atoms with Gasteiger partial charge in [0.05, 0.1) is 21.8 Å². The zero-order chi connectivity index (χ0) is 25.8. The first-order chi connectivity index (χ1) is 17.9. The summed E-state index contributed by atoms with van der Waals surface area (Å²) in [6.07, 6.45) is 0. The van der Waals surface area contributed by atoms with Gasteiger partial charge in [0.15, 0.2) is 0 Å². The first-order valence-corrected chi connectivity index (χ1v) is 15.1. The first-order valence-electron chi connectivity index (χ1n) is 12.6. The van der Waals surface area contributed by atoms with Gasteiger partial charge in [-0.15, -0.1) is 0 Å². The highest BCUT2D eigenvalue weighted by Crippen LogP contribution is 2.37. The van der Waals surface area contributed by atoms with E-state index in [9.17, 15) is 4.21 Å². The van der Waals surface area contributed by atoms with E-state index < -0.39 is 23.7 Å². The first kappa shape index (κ1) is 25.5. The van der Waals surface area contributed by atoms with Crippen LogP contribution in [0, 0.1) is 0 Å². The van der Waals surface area contributed by atoms with Crippen molar-refractivity contribution in [3.8, 4) is 0 Å². The third kappa shape index (κ3) is 5.75. The van der Waals surface area contributed by atoms with Crippen molar-refractivity contribution in [2.75, 3.05) is 0 Å². The zero-order valence-corrected chi connectivity index (χ0v) is 23.2. The lowest BCUT2D eigenvalue weighted by molar-refractivity contribution is 0.624. The molecular weight excluding hydrogens is 489 g/mol. The molecule has 2 atom stereocenters. The summed E-state index contributed by atoms with van der Waals surface area (Å²) in [5.74, 6) is 0. The second kappa shape index (κ2) is 11.1. The van der Waals surface area contributed by atoms with Crippen molar-refractivity contribution in [1.29, 1.82) is 0 Å². The lowest BCUT2D eigenvalue weighted by Gasteiger charge is -2.29. The molecule has 0 saturated carbocycles. The number of nitrogens with one attached hydrogen (secondary N) is 1. The van der Waals surface area contributed by atoms with Crippen molar-refractivity contribution in [2.24, 2.45) is 0 Å². The zero-order valence-electron chi connectivity index (χ0n) is 21.5. The molecule has 0 fully saturated rings. The van der Waals surface area contributed by atoms with Crippen LogP contribution < -0.4 is 20.6 Å². The van der Waals surface area contributed by atoms with E-state index in [0.29, 0.717) is 0 Å². The fourth-order valence-electron chi connectivity index (χ4n) is 4.50. The van der Waals surface area contributed by atoms with Gasteiger partial charge in [0.2, 0.25) is 0 Å². The molecule has 37 heavy (non-hydrogen) atoms. The van der Waals surface area contributed by atoms with Gasteiger partial charge >= 0.3 is 0 Å². The van der Waals surface area contributed by atoms with Gasteiger partial charge in [-0.1, -0.05) is 121 Å². The van der Waals surface area contributed by atoms with Crippen molar-refractivity contribution < 1.29 is 4.21 Å². The molecule has 0 bridgehead atoms. The molecule has 0 radical (unpaired) electrons. The average molecular weight is 522 g/mol. The Morgan fingerprint density at radius 1 is 0.649 bits per heavy atom. The molecule has 0 aliphatic heterocycles. The van der Waals surface area contributed by atoms with Gasteiger partial charge in [0.25, 0.3) is 0 Å². The summed E-state index contributed by atoms with van der Waals surface area (Å²) in [6, 6.07) is 44.9. The lowest BCUT2D eigenvalue weighted by Crippen LogP contribution is -2.38. The van der Waals surface area contributed by atoms with Gasteiger partial charge in [0, 0.05) is 0 Å². The summed E-state index contributed by atoms with van der Waals surface area (Å²) in [5.41, 5.74) is 2.27. The normalized spacial score (nSPS) is 13.5. The van der Waals surface area contributed by atoms with Gasteiger partial charge in [-0.05, 0) is 72.6 Å². The minimum absolute atomic E-state index is 0.224. The molecule has 0 saturated heterocycles. The van der Waals surface area contributed by atoms with Crippen molar-refractivity contribution in [2.45, 2.75) is 31.6 Å². The van der Waals surface area contributed by atoms with E-state index in [1.807, 2.05) is 20.8 Å². The van der Waals surface area contributed by atoms with Crippen LogP contribution in [0.2, 0.25) is 0 Å². The molecule has 0 amide bonds. The van der Waals surface area contributed by atoms with Gasteiger partial charge in [-0.25, -0.2) is 8.93 Å². The van der Waals surface area contributed by atoms with E-state index in [4.69, 9.17) is 0 Å². The van der Waals surface area contributed by atoms with E-state index >= 15 is 0 Å². The Hall–Kier alpha value is -3.10. The Morgan fingerprint density at radius 2 is 1.19 bits per heavy atom. The lowest BCUT2D eigenvalue weighted by atomic mass is 9.97. The molecule has 0 spiro atoms. The van der Waals surface area contributed by atoms with Crippen LogP contribution in [0.5, 0.6) is 0 Å². The minimum atomic E-state index is -1.26. The fourth-order valence-corrected chi connectivity index (χ4v) is 7.82. The van der Waals surface area contributed by atoms with Crippen LogP contribution in [0.1, 0.15) is 37.9 Å². The van der Waals surface area contributed by atoms with E-state index in [-0.39, 0.29) is 6.04 Å². The van der Waals surface area contributed by atoms with Crippen LogP contribution in [0.25, 0.3) is 10.8 Å².